The standard InChI is InChI=1S/C5H13NO6P2/c7-13(8,9)5(14(10,11)12)6-4-2-1-3-4/h4-6H,1-3H2,(H2,7,8,9)(H2,10,11,12)/p+1. The smallest absolute Gasteiger partial charge is 0.321 e. The van der Waals surface area contributed by atoms with Crippen LogP contribution in [0.4, 0.5) is 0 Å². The molecule has 1 aliphatic carbocycles. The Kier molecular flexibility index (Phi) is 3.54. The van der Waals surface area contributed by atoms with E-state index in [0.29, 0.717) is 0 Å². The molecule has 1 rings (SSSR count). The van der Waals surface area contributed by atoms with Gasteiger partial charge in [0.15, 0.2) is 0 Å². The minimum absolute atomic E-state index is 0.0692. The Morgan fingerprint density at radius 1 is 1.07 bits per heavy atom. The van der Waals surface area contributed by atoms with Crippen LogP contribution in [0.1, 0.15) is 19.3 Å². The molecule has 0 amide bonds. The van der Waals surface area contributed by atoms with Crippen molar-refractivity contribution >= 4 is 15.2 Å². The third-order valence-corrected chi connectivity index (χ3v) is 5.81. The van der Waals surface area contributed by atoms with E-state index in [1.54, 1.807) is 0 Å². The molecule has 0 bridgehead atoms. The van der Waals surface area contributed by atoms with Crippen molar-refractivity contribution < 1.29 is 34.0 Å². The summed E-state index contributed by atoms with van der Waals surface area (Å²) in [4.78, 5) is 35.1. The molecule has 0 aliphatic heterocycles. The molecule has 0 atom stereocenters. The molecule has 84 valence electrons. The highest BCUT2D eigenvalue weighted by molar-refractivity contribution is 7.70. The Bertz CT molecular complexity index is 269. The molecule has 0 radical (unpaired) electrons. The maximum Gasteiger partial charge on any atom is 0.395 e. The van der Waals surface area contributed by atoms with Gasteiger partial charge in [0.05, 0.1) is 6.04 Å². The van der Waals surface area contributed by atoms with Gasteiger partial charge in [-0.15, -0.1) is 0 Å². The molecular formula is C5H14NO6P2+. The summed E-state index contributed by atoms with van der Waals surface area (Å²) < 4.78 is 21.6. The summed E-state index contributed by atoms with van der Waals surface area (Å²) in [6.07, 6.45) is 2.43. The predicted octanol–water partition coefficient (Wildman–Crippen LogP) is -1.26. The first-order chi connectivity index (χ1) is 6.21. The Balaban J connectivity index is 2.72. The normalized spacial score (nSPS) is 19.8. The summed E-state index contributed by atoms with van der Waals surface area (Å²) in [5, 5.41) is 1.12. The second kappa shape index (κ2) is 4.02. The number of hydrogen-bond donors (Lipinski definition) is 5. The summed E-state index contributed by atoms with van der Waals surface area (Å²) >= 11 is 0. The van der Waals surface area contributed by atoms with Crippen molar-refractivity contribution in [2.75, 3.05) is 0 Å². The lowest BCUT2D eigenvalue weighted by Gasteiger charge is -2.28. The van der Waals surface area contributed by atoms with Gasteiger partial charge in [0, 0.05) is 0 Å². The number of nitrogens with two attached hydrogens (primary N) is 1. The van der Waals surface area contributed by atoms with Crippen molar-refractivity contribution in [3.05, 3.63) is 0 Å². The topological polar surface area (TPSA) is 132 Å². The molecule has 0 saturated heterocycles. The first-order valence-corrected chi connectivity index (χ1v) is 7.53. The highest BCUT2D eigenvalue weighted by Crippen LogP contribution is 2.56. The fourth-order valence-corrected chi connectivity index (χ4v) is 3.80. The van der Waals surface area contributed by atoms with Crippen LogP contribution in [-0.2, 0) is 9.13 Å². The van der Waals surface area contributed by atoms with E-state index in [-0.39, 0.29) is 6.04 Å². The van der Waals surface area contributed by atoms with Crippen LogP contribution in [0.3, 0.4) is 0 Å². The molecule has 0 spiro atoms. The van der Waals surface area contributed by atoms with E-state index in [9.17, 15) is 9.13 Å². The maximum absolute atomic E-state index is 10.8. The highest BCUT2D eigenvalue weighted by atomic mass is 31.2. The van der Waals surface area contributed by atoms with E-state index >= 15 is 0 Å². The molecule has 1 aliphatic rings. The zero-order chi connectivity index (χ0) is 11.0. The molecule has 1 saturated carbocycles. The molecule has 14 heavy (non-hydrogen) atoms. The second-order valence-corrected chi connectivity index (χ2v) is 7.35. The summed E-state index contributed by atoms with van der Waals surface area (Å²) in [6, 6.07) is -0.0692. The van der Waals surface area contributed by atoms with E-state index in [1.165, 1.54) is 0 Å². The van der Waals surface area contributed by atoms with Crippen LogP contribution in [0.25, 0.3) is 0 Å². The first kappa shape index (κ1) is 12.3. The number of hydrogen-bond acceptors (Lipinski definition) is 2. The quantitative estimate of drug-likeness (QED) is 0.393. The van der Waals surface area contributed by atoms with E-state index in [0.717, 1.165) is 24.6 Å². The van der Waals surface area contributed by atoms with Gasteiger partial charge in [-0.1, -0.05) is 0 Å². The summed E-state index contributed by atoms with van der Waals surface area (Å²) in [6.45, 7) is 0. The fraction of sp³-hybridized carbons (Fsp3) is 1.00. The van der Waals surface area contributed by atoms with Crippen molar-refractivity contribution in [3.8, 4) is 0 Å². The first-order valence-electron chi connectivity index (χ1n) is 4.16. The molecule has 0 heterocycles. The molecule has 7 nitrogen and oxygen atoms in total. The van der Waals surface area contributed by atoms with Gasteiger partial charge in [-0.25, -0.2) is 0 Å². The van der Waals surface area contributed by atoms with Gasteiger partial charge in [-0.2, -0.15) is 0 Å². The van der Waals surface area contributed by atoms with Gasteiger partial charge < -0.3 is 24.9 Å². The Labute approximate surface area is 80.8 Å². The molecule has 6 N–H and O–H groups in total. The average Bonchev–Trinajstić information content (AvgIpc) is 1.76. The van der Waals surface area contributed by atoms with Gasteiger partial charge in [-0.05, 0) is 19.3 Å². The molecule has 0 aromatic carbocycles. The zero-order valence-electron chi connectivity index (χ0n) is 7.35. The fourth-order valence-electron chi connectivity index (χ4n) is 1.30. The monoisotopic (exact) mass is 246 g/mol. The van der Waals surface area contributed by atoms with Crippen LogP contribution in [-0.4, -0.2) is 31.1 Å². The van der Waals surface area contributed by atoms with Crippen molar-refractivity contribution in [1.82, 2.24) is 0 Å². The number of rotatable bonds is 4. The molecule has 9 heteroatoms. The van der Waals surface area contributed by atoms with Crippen LogP contribution in [0.15, 0.2) is 0 Å². The SMILES string of the molecule is O=P(O)(O)C([NH2+]C1CCC1)P(=O)(O)O. The Morgan fingerprint density at radius 2 is 1.50 bits per heavy atom. The van der Waals surface area contributed by atoms with Crippen LogP contribution < -0.4 is 5.32 Å². The van der Waals surface area contributed by atoms with Gasteiger partial charge in [0.25, 0.3) is 5.52 Å². The van der Waals surface area contributed by atoms with Crippen LogP contribution >= 0.6 is 15.2 Å². The lowest BCUT2D eigenvalue weighted by molar-refractivity contribution is -0.699. The largest absolute Gasteiger partial charge is 0.395 e. The summed E-state index contributed by atoms with van der Waals surface area (Å²) in [5.74, 6) is 0. The summed E-state index contributed by atoms with van der Waals surface area (Å²) in [5.41, 5.74) is -1.93. The van der Waals surface area contributed by atoms with Crippen LogP contribution in [0, 0.1) is 0 Å². The average molecular weight is 246 g/mol. The van der Waals surface area contributed by atoms with Gasteiger partial charge in [0.1, 0.15) is 0 Å². The van der Waals surface area contributed by atoms with E-state index in [1.807, 2.05) is 0 Å². The van der Waals surface area contributed by atoms with Crippen molar-refractivity contribution in [3.63, 3.8) is 0 Å². The third-order valence-electron chi connectivity index (χ3n) is 2.28. The lowest BCUT2D eigenvalue weighted by atomic mass is 9.94. The van der Waals surface area contributed by atoms with Crippen molar-refractivity contribution in [2.24, 2.45) is 0 Å². The Morgan fingerprint density at radius 3 is 1.71 bits per heavy atom. The van der Waals surface area contributed by atoms with Gasteiger partial charge >= 0.3 is 15.2 Å². The maximum atomic E-state index is 10.8. The van der Waals surface area contributed by atoms with Gasteiger partial charge in [-0.3, -0.25) is 9.13 Å². The Hall–Kier alpha value is 0.260. The predicted molar refractivity (Wildman–Crippen MR) is 47.4 cm³/mol. The molecular weight excluding hydrogens is 232 g/mol. The highest BCUT2D eigenvalue weighted by Gasteiger charge is 2.49. The van der Waals surface area contributed by atoms with E-state index in [2.05, 4.69) is 0 Å². The molecule has 0 unspecified atom stereocenters. The van der Waals surface area contributed by atoms with E-state index < -0.39 is 20.7 Å². The van der Waals surface area contributed by atoms with Gasteiger partial charge in [0.2, 0.25) is 0 Å². The lowest BCUT2D eigenvalue weighted by Crippen LogP contribution is -2.95. The third kappa shape index (κ3) is 3.14. The minimum Gasteiger partial charge on any atom is -0.321 e. The van der Waals surface area contributed by atoms with E-state index in [4.69, 9.17) is 19.6 Å². The summed E-state index contributed by atoms with van der Waals surface area (Å²) in [7, 11) is -9.50. The zero-order valence-corrected chi connectivity index (χ0v) is 9.14. The molecule has 0 aromatic rings. The van der Waals surface area contributed by atoms with Crippen LogP contribution in [0.2, 0.25) is 0 Å². The number of quaternary nitrogens is 1. The van der Waals surface area contributed by atoms with Crippen molar-refractivity contribution in [1.29, 1.82) is 0 Å². The molecule has 1 fully saturated rings. The van der Waals surface area contributed by atoms with Crippen LogP contribution in [0.5, 0.6) is 0 Å². The second-order valence-electron chi connectivity index (χ2n) is 3.48. The minimum atomic E-state index is -4.75. The van der Waals surface area contributed by atoms with Crippen molar-refractivity contribution in [2.45, 2.75) is 30.8 Å². The molecule has 0 aromatic heterocycles.